The van der Waals surface area contributed by atoms with Gasteiger partial charge >= 0.3 is 0 Å². The van der Waals surface area contributed by atoms with Crippen LogP contribution in [0.25, 0.3) is 23.0 Å². The van der Waals surface area contributed by atoms with Crippen molar-refractivity contribution in [2.24, 2.45) is 0 Å². The molecule has 0 N–H and O–H groups in total. The first-order valence-corrected chi connectivity index (χ1v) is 12.4. The van der Waals surface area contributed by atoms with Gasteiger partial charge < -0.3 is 4.74 Å². The minimum absolute atomic E-state index is 0.110. The third-order valence-corrected chi connectivity index (χ3v) is 7.37. The van der Waals surface area contributed by atoms with E-state index in [0.29, 0.717) is 20.9 Å². The molecule has 4 aromatic rings. The van der Waals surface area contributed by atoms with Gasteiger partial charge in [-0.25, -0.2) is 4.68 Å². The SMILES string of the molecule is CN1C(=O)/C(=C/c2cn(-c3ccccc3)nc2-c2ccc(OCc3ccccc3Cl)cc2)SC1=S. The van der Waals surface area contributed by atoms with Gasteiger partial charge in [-0.2, -0.15) is 5.10 Å². The number of hydrogen-bond acceptors (Lipinski definition) is 5. The second-order valence-electron chi connectivity index (χ2n) is 7.86. The molecular weight excluding hydrogens is 498 g/mol. The molecule has 1 fully saturated rings. The number of thioether (sulfide) groups is 1. The van der Waals surface area contributed by atoms with Crippen LogP contribution in [0.2, 0.25) is 5.02 Å². The molecule has 1 saturated heterocycles. The minimum atomic E-state index is -0.110. The van der Waals surface area contributed by atoms with Crippen molar-refractivity contribution < 1.29 is 9.53 Å². The van der Waals surface area contributed by atoms with Crippen LogP contribution < -0.4 is 4.74 Å². The lowest BCUT2D eigenvalue weighted by Gasteiger charge is -2.08. The maximum Gasteiger partial charge on any atom is 0.265 e. The Hall–Kier alpha value is -3.39. The Morgan fingerprint density at radius 1 is 1.03 bits per heavy atom. The monoisotopic (exact) mass is 517 g/mol. The molecule has 35 heavy (non-hydrogen) atoms. The molecule has 3 aromatic carbocycles. The fraction of sp³-hybridized carbons (Fsp3) is 0.0741. The molecule has 1 amide bonds. The van der Waals surface area contributed by atoms with E-state index in [4.69, 9.17) is 33.7 Å². The van der Waals surface area contributed by atoms with Crippen molar-refractivity contribution in [1.29, 1.82) is 0 Å². The number of aromatic nitrogens is 2. The van der Waals surface area contributed by atoms with Crippen molar-refractivity contribution in [3.63, 3.8) is 0 Å². The van der Waals surface area contributed by atoms with E-state index in [1.54, 1.807) is 7.05 Å². The van der Waals surface area contributed by atoms with Crippen LogP contribution in [0.15, 0.2) is 90.0 Å². The van der Waals surface area contributed by atoms with Crippen molar-refractivity contribution in [2.75, 3.05) is 7.05 Å². The number of likely N-dealkylation sites (N-methyl/N-ethyl adjacent to an activating group) is 1. The topological polar surface area (TPSA) is 47.4 Å². The average molecular weight is 518 g/mol. The fourth-order valence-corrected chi connectivity index (χ4v) is 4.96. The molecule has 0 bridgehead atoms. The molecule has 0 spiro atoms. The van der Waals surface area contributed by atoms with Crippen molar-refractivity contribution in [1.82, 2.24) is 14.7 Å². The summed E-state index contributed by atoms with van der Waals surface area (Å²) in [6.07, 6.45) is 3.78. The molecule has 2 heterocycles. The normalized spacial score (nSPS) is 14.7. The number of benzene rings is 3. The zero-order valence-electron chi connectivity index (χ0n) is 18.7. The predicted molar refractivity (Wildman–Crippen MR) is 146 cm³/mol. The van der Waals surface area contributed by atoms with Gasteiger partial charge in [-0.3, -0.25) is 9.69 Å². The van der Waals surface area contributed by atoms with Crippen LogP contribution in [0.5, 0.6) is 5.75 Å². The number of para-hydroxylation sites is 1. The number of halogens is 1. The zero-order valence-corrected chi connectivity index (χ0v) is 21.1. The lowest BCUT2D eigenvalue weighted by molar-refractivity contribution is -0.121. The number of ether oxygens (including phenoxy) is 1. The molecule has 0 saturated carbocycles. The first kappa shape index (κ1) is 23.4. The van der Waals surface area contributed by atoms with Crippen molar-refractivity contribution >= 4 is 51.9 Å². The first-order chi connectivity index (χ1) is 17.0. The lowest BCUT2D eigenvalue weighted by atomic mass is 10.1. The van der Waals surface area contributed by atoms with Gasteiger partial charge in [-0.15, -0.1) is 0 Å². The summed E-state index contributed by atoms with van der Waals surface area (Å²) in [5, 5.41) is 5.52. The number of carbonyl (C=O) groups excluding carboxylic acids is 1. The van der Waals surface area contributed by atoms with E-state index >= 15 is 0 Å². The van der Waals surface area contributed by atoms with Gasteiger partial charge in [-0.05, 0) is 48.5 Å². The van der Waals surface area contributed by atoms with Gasteiger partial charge in [0.25, 0.3) is 5.91 Å². The Kier molecular flexibility index (Phi) is 6.72. The van der Waals surface area contributed by atoms with E-state index in [9.17, 15) is 4.79 Å². The van der Waals surface area contributed by atoms with Gasteiger partial charge in [-0.1, -0.05) is 72.0 Å². The molecule has 174 valence electrons. The predicted octanol–water partition coefficient (Wildman–Crippen LogP) is 6.60. The summed E-state index contributed by atoms with van der Waals surface area (Å²) in [6, 6.07) is 25.2. The zero-order chi connectivity index (χ0) is 24.4. The third kappa shape index (κ3) is 5.03. The number of nitrogens with zero attached hydrogens (tertiary/aromatic N) is 3. The molecule has 5 nitrogen and oxygen atoms in total. The molecule has 5 rings (SSSR count). The molecule has 1 aliphatic heterocycles. The maximum absolute atomic E-state index is 12.6. The molecule has 0 aliphatic carbocycles. The van der Waals surface area contributed by atoms with E-state index in [-0.39, 0.29) is 5.91 Å². The highest BCUT2D eigenvalue weighted by atomic mass is 35.5. The molecule has 0 atom stereocenters. The number of rotatable bonds is 6. The summed E-state index contributed by atoms with van der Waals surface area (Å²) >= 11 is 12.8. The molecule has 0 unspecified atom stereocenters. The number of amides is 1. The molecule has 8 heteroatoms. The standard InChI is InChI=1S/C27H20ClN3O2S2/c1-30-26(32)24(35-27(30)34)15-20-16-31(21-8-3-2-4-9-21)29-25(20)18-11-13-22(14-12-18)33-17-19-7-5-6-10-23(19)28/h2-16H,17H2,1H3/b24-15-. The van der Waals surface area contributed by atoms with E-state index in [1.165, 1.54) is 16.7 Å². The first-order valence-electron chi connectivity index (χ1n) is 10.8. The van der Waals surface area contributed by atoms with Crippen molar-refractivity contribution in [3.8, 4) is 22.7 Å². The quantitative estimate of drug-likeness (QED) is 0.213. The molecule has 1 aromatic heterocycles. The van der Waals surface area contributed by atoms with Gasteiger partial charge in [0.2, 0.25) is 0 Å². The number of hydrogen-bond donors (Lipinski definition) is 0. The summed E-state index contributed by atoms with van der Waals surface area (Å²) < 4.78 is 8.28. The van der Waals surface area contributed by atoms with E-state index in [2.05, 4.69) is 0 Å². The maximum atomic E-state index is 12.6. The Labute approximate surface area is 218 Å². The van der Waals surface area contributed by atoms with Gasteiger partial charge in [0, 0.05) is 35.0 Å². The van der Waals surface area contributed by atoms with Crippen LogP contribution in [0.3, 0.4) is 0 Å². The molecule has 1 aliphatic rings. The summed E-state index contributed by atoms with van der Waals surface area (Å²) in [5.74, 6) is 0.617. The third-order valence-electron chi connectivity index (χ3n) is 5.52. The Balaban J connectivity index is 1.46. The second kappa shape index (κ2) is 10.1. The average Bonchev–Trinajstić information content (AvgIpc) is 3.41. The minimum Gasteiger partial charge on any atom is -0.489 e. The van der Waals surface area contributed by atoms with Crippen LogP contribution in [0.1, 0.15) is 11.1 Å². The second-order valence-corrected chi connectivity index (χ2v) is 9.94. The fourth-order valence-electron chi connectivity index (χ4n) is 3.60. The highest BCUT2D eigenvalue weighted by molar-refractivity contribution is 8.26. The molecular formula is C27H20ClN3O2S2. The molecule has 0 radical (unpaired) electrons. The largest absolute Gasteiger partial charge is 0.489 e. The lowest BCUT2D eigenvalue weighted by Crippen LogP contribution is -2.22. The van der Waals surface area contributed by atoms with Gasteiger partial charge in [0.15, 0.2) is 0 Å². The highest BCUT2D eigenvalue weighted by Crippen LogP contribution is 2.34. The van der Waals surface area contributed by atoms with Crippen LogP contribution in [-0.2, 0) is 11.4 Å². The van der Waals surface area contributed by atoms with E-state index in [0.717, 1.165) is 33.8 Å². The van der Waals surface area contributed by atoms with Crippen LogP contribution in [0.4, 0.5) is 0 Å². The van der Waals surface area contributed by atoms with Crippen molar-refractivity contribution in [2.45, 2.75) is 6.61 Å². The van der Waals surface area contributed by atoms with Crippen LogP contribution in [-0.4, -0.2) is 32.0 Å². The Morgan fingerprint density at radius 2 is 1.74 bits per heavy atom. The summed E-state index contributed by atoms with van der Waals surface area (Å²) in [6.45, 7) is 0.381. The summed E-state index contributed by atoms with van der Waals surface area (Å²) in [5.41, 5.74) is 4.34. The van der Waals surface area contributed by atoms with E-state index < -0.39 is 0 Å². The van der Waals surface area contributed by atoms with Crippen LogP contribution in [0, 0.1) is 0 Å². The van der Waals surface area contributed by atoms with Gasteiger partial charge in [0.1, 0.15) is 16.7 Å². The summed E-state index contributed by atoms with van der Waals surface area (Å²) in [7, 11) is 1.69. The van der Waals surface area contributed by atoms with Crippen molar-refractivity contribution in [3.05, 3.63) is 106 Å². The highest BCUT2D eigenvalue weighted by Gasteiger charge is 2.29. The number of carbonyl (C=O) groups is 1. The van der Waals surface area contributed by atoms with E-state index in [1.807, 2.05) is 95.8 Å². The number of thiocarbonyl (C=S) groups is 1. The smallest absolute Gasteiger partial charge is 0.265 e. The Morgan fingerprint density at radius 3 is 2.43 bits per heavy atom. The van der Waals surface area contributed by atoms with Crippen LogP contribution >= 0.6 is 35.6 Å². The van der Waals surface area contributed by atoms with Gasteiger partial charge in [0.05, 0.1) is 16.3 Å². The summed E-state index contributed by atoms with van der Waals surface area (Å²) in [4.78, 5) is 14.7. The Bertz CT molecular complexity index is 1430.